The van der Waals surface area contributed by atoms with Crippen LogP contribution in [-0.2, 0) is 0 Å². The fourth-order valence-electron chi connectivity index (χ4n) is 2.07. The van der Waals surface area contributed by atoms with Gasteiger partial charge in [0, 0.05) is 13.6 Å². The van der Waals surface area contributed by atoms with Crippen LogP contribution in [-0.4, -0.2) is 23.6 Å². The summed E-state index contributed by atoms with van der Waals surface area (Å²) in [5.41, 5.74) is 0. The van der Waals surface area contributed by atoms with E-state index in [-0.39, 0.29) is 0 Å². The van der Waals surface area contributed by atoms with Crippen LogP contribution in [0, 0.1) is 11.7 Å². The van der Waals surface area contributed by atoms with Gasteiger partial charge in [0.2, 0.25) is 5.95 Å². The zero-order valence-electron chi connectivity index (χ0n) is 9.46. The van der Waals surface area contributed by atoms with Crippen molar-refractivity contribution in [3.05, 3.63) is 12.0 Å². The minimum atomic E-state index is -0.392. The number of hydrogen-bond acceptors (Lipinski definition) is 4. The van der Waals surface area contributed by atoms with E-state index >= 15 is 0 Å². The van der Waals surface area contributed by atoms with Gasteiger partial charge >= 0.3 is 0 Å². The van der Waals surface area contributed by atoms with E-state index in [0.717, 1.165) is 6.54 Å². The van der Waals surface area contributed by atoms with Gasteiger partial charge in [-0.2, -0.15) is 4.98 Å². The number of anilines is 2. The maximum atomic E-state index is 13.4. The quantitative estimate of drug-likeness (QED) is 0.823. The number of nitrogens with one attached hydrogen (secondary N) is 2. The van der Waals surface area contributed by atoms with E-state index in [9.17, 15) is 4.39 Å². The Bertz CT molecular complexity index is 350. The predicted octanol–water partition coefficient (Wildman–Crippen LogP) is 2.26. The molecule has 1 aliphatic carbocycles. The molecular weight excluding hydrogens is 207 g/mol. The summed E-state index contributed by atoms with van der Waals surface area (Å²) in [7, 11) is 1.72. The molecular formula is C11H17FN4. The summed E-state index contributed by atoms with van der Waals surface area (Å²) in [6.07, 6.45) is 6.24. The van der Waals surface area contributed by atoms with Gasteiger partial charge in [-0.3, -0.25) is 0 Å². The van der Waals surface area contributed by atoms with E-state index < -0.39 is 5.82 Å². The molecule has 1 saturated carbocycles. The fraction of sp³-hybridized carbons (Fsp3) is 0.636. The van der Waals surface area contributed by atoms with Crippen LogP contribution in [0.25, 0.3) is 0 Å². The van der Waals surface area contributed by atoms with Crippen molar-refractivity contribution >= 4 is 11.8 Å². The maximum absolute atomic E-state index is 13.4. The highest BCUT2D eigenvalue weighted by molar-refractivity contribution is 5.40. The summed E-state index contributed by atoms with van der Waals surface area (Å²) in [5.74, 6) is 1.01. The molecule has 0 unspecified atom stereocenters. The van der Waals surface area contributed by atoms with Crippen molar-refractivity contribution in [1.82, 2.24) is 9.97 Å². The Kier molecular flexibility index (Phi) is 3.54. The molecule has 88 valence electrons. The second-order valence-electron chi connectivity index (χ2n) is 4.17. The van der Waals surface area contributed by atoms with Crippen molar-refractivity contribution < 1.29 is 4.39 Å². The number of halogens is 1. The van der Waals surface area contributed by atoms with Gasteiger partial charge in [0.1, 0.15) is 0 Å². The first-order valence-corrected chi connectivity index (χ1v) is 5.73. The van der Waals surface area contributed by atoms with Gasteiger partial charge in [-0.15, -0.1) is 0 Å². The third-order valence-corrected chi connectivity index (χ3v) is 3.00. The molecule has 0 bridgehead atoms. The Balaban J connectivity index is 1.96. The van der Waals surface area contributed by atoms with Gasteiger partial charge in [0.25, 0.3) is 0 Å². The molecule has 2 N–H and O–H groups in total. The minimum absolute atomic E-state index is 0.297. The standard InChI is InChI=1S/C11H17FN4/c1-13-11-15-7-9(12)10(16-11)14-6-8-4-2-3-5-8/h7-8H,2-6H2,1H3,(H2,13,14,15,16). The molecule has 1 heterocycles. The van der Waals surface area contributed by atoms with Gasteiger partial charge in [-0.1, -0.05) is 12.8 Å². The van der Waals surface area contributed by atoms with Crippen molar-refractivity contribution in [2.75, 3.05) is 24.2 Å². The molecule has 0 amide bonds. The molecule has 1 aliphatic rings. The Morgan fingerprint density at radius 3 is 2.88 bits per heavy atom. The van der Waals surface area contributed by atoms with Gasteiger partial charge in [0.15, 0.2) is 11.6 Å². The second-order valence-corrected chi connectivity index (χ2v) is 4.17. The average molecular weight is 224 g/mol. The molecule has 0 radical (unpaired) electrons. The molecule has 2 rings (SSSR count). The molecule has 4 nitrogen and oxygen atoms in total. The summed E-state index contributed by atoms with van der Waals surface area (Å²) < 4.78 is 13.4. The van der Waals surface area contributed by atoms with Gasteiger partial charge in [-0.25, -0.2) is 9.37 Å². The van der Waals surface area contributed by atoms with Crippen LogP contribution in [0.5, 0.6) is 0 Å². The normalized spacial score (nSPS) is 16.4. The molecule has 0 spiro atoms. The van der Waals surface area contributed by atoms with Crippen molar-refractivity contribution in [2.24, 2.45) is 5.92 Å². The topological polar surface area (TPSA) is 49.8 Å². The first-order chi connectivity index (χ1) is 7.79. The van der Waals surface area contributed by atoms with Crippen LogP contribution in [0.15, 0.2) is 6.20 Å². The lowest BCUT2D eigenvalue weighted by Crippen LogP contribution is -2.14. The number of aromatic nitrogens is 2. The Morgan fingerprint density at radius 1 is 1.44 bits per heavy atom. The third kappa shape index (κ3) is 2.59. The summed E-state index contributed by atoms with van der Waals surface area (Å²) in [6.45, 7) is 0.803. The third-order valence-electron chi connectivity index (χ3n) is 3.00. The van der Waals surface area contributed by atoms with Crippen molar-refractivity contribution in [2.45, 2.75) is 25.7 Å². The summed E-state index contributed by atoms with van der Waals surface area (Å²) in [4.78, 5) is 7.84. The molecule has 1 aromatic rings. The highest BCUT2D eigenvalue weighted by Crippen LogP contribution is 2.25. The highest BCUT2D eigenvalue weighted by Gasteiger charge is 2.15. The smallest absolute Gasteiger partial charge is 0.224 e. The van der Waals surface area contributed by atoms with Crippen LogP contribution in [0.4, 0.5) is 16.2 Å². The van der Waals surface area contributed by atoms with E-state index in [4.69, 9.17) is 0 Å². The molecule has 16 heavy (non-hydrogen) atoms. The second kappa shape index (κ2) is 5.09. The number of hydrogen-bond donors (Lipinski definition) is 2. The highest BCUT2D eigenvalue weighted by atomic mass is 19.1. The van der Waals surface area contributed by atoms with Crippen LogP contribution >= 0.6 is 0 Å². The van der Waals surface area contributed by atoms with Crippen LogP contribution in [0.1, 0.15) is 25.7 Å². The number of nitrogens with zero attached hydrogens (tertiary/aromatic N) is 2. The van der Waals surface area contributed by atoms with Crippen LogP contribution in [0.3, 0.4) is 0 Å². The van der Waals surface area contributed by atoms with Gasteiger partial charge in [0.05, 0.1) is 6.20 Å². The van der Waals surface area contributed by atoms with Gasteiger partial charge in [-0.05, 0) is 18.8 Å². The van der Waals surface area contributed by atoms with E-state index in [0.29, 0.717) is 17.7 Å². The lowest BCUT2D eigenvalue weighted by Gasteiger charge is -2.12. The predicted molar refractivity (Wildman–Crippen MR) is 62.0 cm³/mol. The molecule has 1 aromatic heterocycles. The molecule has 0 aromatic carbocycles. The summed E-state index contributed by atoms with van der Waals surface area (Å²) in [5, 5.41) is 5.86. The van der Waals surface area contributed by atoms with Crippen molar-refractivity contribution in [3.63, 3.8) is 0 Å². The zero-order chi connectivity index (χ0) is 11.4. The Morgan fingerprint density at radius 2 is 2.19 bits per heavy atom. The van der Waals surface area contributed by atoms with Crippen molar-refractivity contribution in [3.8, 4) is 0 Å². The molecule has 0 atom stereocenters. The molecule has 5 heteroatoms. The lowest BCUT2D eigenvalue weighted by atomic mass is 10.1. The SMILES string of the molecule is CNc1ncc(F)c(NCC2CCCC2)n1. The Labute approximate surface area is 94.7 Å². The van der Waals surface area contributed by atoms with Crippen LogP contribution < -0.4 is 10.6 Å². The van der Waals surface area contributed by atoms with E-state index in [1.807, 2.05) is 0 Å². The molecule has 1 fully saturated rings. The average Bonchev–Trinajstić information content (AvgIpc) is 2.81. The molecule has 0 aliphatic heterocycles. The fourth-order valence-corrected chi connectivity index (χ4v) is 2.07. The van der Waals surface area contributed by atoms with Crippen LogP contribution in [0.2, 0.25) is 0 Å². The first-order valence-electron chi connectivity index (χ1n) is 5.73. The van der Waals surface area contributed by atoms with E-state index in [2.05, 4.69) is 20.6 Å². The molecule has 0 saturated heterocycles. The van der Waals surface area contributed by atoms with Gasteiger partial charge < -0.3 is 10.6 Å². The Hall–Kier alpha value is -1.39. The summed E-state index contributed by atoms with van der Waals surface area (Å²) in [6, 6.07) is 0. The van der Waals surface area contributed by atoms with E-state index in [1.165, 1.54) is 31.9 Å². The first kappa shape index (κ1) is 11.1. The summed E-state index contributed by atoms with van der Waals surface area (Å²) >= 11 is 0. The monoisotopic (exact) mass is 224 g/mol. The number of rotatable bonds is 4. The largest absolute Gasteiger partial charge is 0.367 e. The van der Waals surface area contributed by atoms with E-state index in [1.54, 1.807) is 7.05 Å². The maximum Gasteiger partial charge on any atom is 0.224 e. The lowest BCUT2D eigenvalue weighted by molar-refractivity contribution is 0.570. The minimum Gasteiger partial charge on any atom is -0.367 e. The zero-order valence-corrected chi connectivity index (χ0v) is 9.46. The van der Waals surface area contributed by atoms with Crippen molar-refractivity contribution in [1.29, 1.82) is 0 Å².